The second kappa shape index (κ2) is 6.23. The van der Waals surface area contributed by atoms with Crippen molar-refractivity contribution in [2.75, 3.05) is 0 Å². The Kier molecular flexibility index (Phi) is 4.32. The minimum absolute atomic E-state index is 0. The van der Waals surface area contributed by atoms with E-state index in [-0.39, 0.29) is 17.0 Å². The smallest absolute Gasteiger partial charge is 0.0244 e. The van der Waals surface area contributed by atoms with Crippen molar-refractivity contribution in [1.29, 1.82) is 0 Å². The predicted molar refractivity (Wildman–Crippen MR) is 98.9 cm³/mol. The number of nitrogens with one attached hydrogen (secondary N) is 1. The van der Waals surface area contributed by atoms with Gasteiger partial charge in [0.05, 0.1) is 0 Å². The Hall–Kier alpha value is -1.64. The van der Waals surface area contributed by atoms with Crippen LogP contribution in [0, 0.1) is 0 Å². The maximum absolute atomic E-state index is 3.68. The first-order chi connectivity index (χ1) is 10.3. The largest absolute Gasteiger partial charge is 0.309 e. The third kappa shape index (κ3) is 2.47. The molecule has 4 rings (SSSR count). The molecule has 0 aliphatic carbocycles. The molecule has 1 aliphatic heterocycles. The van der Waals surface area contributed by atoms with Crippen LogP contribution in [0.15, 0.2) is 66.7 Å². The zero-order valence-corrected chi connectivity index (χ0v) is 14.3. The molecule has 2 unspecified atom stereocenters. The maximum atomic E-state index is 3.68. The lowest BCUT2D eigenvalue weighted by Crippen LogP contribution is -2.37. The number of fused-ring (bicyclic) bond motifs is 3. The molecule has 0 fully saturated rings. The maximum Gasteiger partial charge on any atom is 0.0244 e. The number of halogens is 1. The highest BCUT2D eigenvalue weighted by atomic mass is 79.9. The van der Waals surface area contributed by atoms with Crippen LogP contribution in [0.5, 0.6) is 0 Å². The molecule has 0 saturated heterocycles. The van der Waals surface area contributed by atoms with Gasteiger partial charge in [-0.15, -0.1) is 17.0 Å². The molecule has 1 heterocycles. The van der Waals surface area contributed by atoms with Gasteiger partial charge in [0, 0.05) is 18.5 Å². The second-order valence-electron chi connectivity index (χ2n) is 5.91. The quantitative estimate of drug-likeness (QED) is 0.645. The van der Waals surface area contributed by atoms with E-state index in [2.05, 4.69) is 79.0 Å². The highest BCUT2D eigenvalue weighted by molar-refractivity contribution is 8.93. The summed E-state index contributed by atoms with van der Waals surface area (Å²) in [4.78, 5) is 0. The van der Waals surface area contributed by atoms with Crippen molar-refractivity contribution < 1.29 is 0 Å². The highest BCUT2D eigenvalue weighted by Crippen LogP contribution is 2.37. The van der Waals surface area contributed by atoms with Gasteiger partial charge in [-0.2, -0.15) is 0 Å². The molecule has 2 heteroatoms. The van der Waals surface area contributed by atoms with Crippen LogP contribution in [0.2, 0.25) is 0 Å². The first-order valence-corrected chi connectivity index (χ1v) is 7.63. The van der Waals surface area contributed by atoms with Gasteiger partial charge in [0.15, 0.2) is 0 Å². The van der Waals surface area contributed by atoms with Crippen LogP contribution in [0.1, 0.15) is 29.5 Å². The van der Waals surface area contributed by atoms with E-state index in [9.17, 15) is 0 Å². The van der Waals surface area contributed by atoms with E-state index >= 15 is 0 Å². The van der Waals surface area contributed by atoms with Crippen LogP contribution < -0.4 is 5.32 Å². The summed E-state index contributed by atoms with van der Waals surface area (Å²) in [7, 11) is 0. The molecule has 2 atom stereocenters. The van der Waals surface area contributed by atoms with E-state index in [1.807, 2.05) is 0 Å². The molecule has 22 heavy (non-hydrogen) atoms. The third-order valence-corrected chi connectivity index (χ3v) is 4.67. The molecule has 0 saturated carbocycles. The summed E-state index contributed by atoms with van der Waals surface area (Å²) in [5.74, 6) is 0.430. The lowest BCUT2D eigenvalue weighted by atomic mass is 9.79. The fraction of sp³-hybridized carbons (Fsp3) is 0.200. The minimum Gasteiger partial charge on any atom is -0.309 e. The summed E-state index contributed by atoms with van der Waals surface area (Å²) in [5.41, 5.74) is 4.33. The number of benzene rings is 3. The Bertz CT molecular complexity index is 782. The van der Waals surface area contributed by atoms with Crippen LogP contribution >= 0.6 is 17.0 Å². The van der Waals surface area contributed by atoms with Gasteiger partial charge < -0.3 is 5.32 Å². The Morgan fingerprint density at radius 1 is 0.864 bits per heavy atom. The van der Waals surface area contributed by atoms with Crippen LogP contribution in [0.3, 0.4) is 0 Å². The standard InChI is InChI=1S/C20H19N.BrH/c1-14-20(16-8-3-2-4-9-16)18-12-11-15-7-5-6-10-17(15)19(18)13-21-14;/h2-12,14,20-21H,13H2,1H3;1H. The third-order valence-electron chi connectivity index (χ3n) is 4.67. The second-order valence-corrected chi connectivity index (χ2v) is 5.91. The number of hydrogen-bond acceptors (Lipinski definition) is 1. The van der Waals surface area contributed by atoms with Gasteiger partial charge in [0.2, 0.25) is 0 Å². The summed E-state index contributed by atoms with van der Waals surface area (Å²) >= 11 is 0. The summed E-state index contributed by atoms with van der Waals surface area (Å²) in [5, 5.41) is 6.40. The summed E-state index contributed by atoms with van der Waals surface area (Å²) in [6.07, 6.45) is 0. The molecule has 0 radical (unpaired) electrons. The topological polar surface area (TPSA) is 12.0 Å². The van der Waals surface area contributed by atoms with Crippen molar-refractivity contribution >= 4 is 27.8 Å². The summed E-state index contributed by atoms with van der Waals surface area (Å²) in [6, 6.07) is 24.6. The molecule has 0 bridgehead atoms. The van der Waals surface area contributed by atoms with Crippen molar-refractivity contribution in [3.8, 4) is 0 Å². The Morgan fingerprint density at radius 2 is 1.59 bits per heavy atom. The van der Waals surface area contributed by atoms with Gasteiger partial charge in [-0.3, -0.25) is 0 Å². The summed E-state index contributed by atoms with van der Waals surface area (Å²) in [6.45, 7) is 3.25. The zero-order chi connectivity index (χ0) is 14.2. The molecule has 1 N–H and O–H groups in total. The van der Waals surface area contributed by atoms with Crippen molar-refractivity contribution in [2.24, 2.45) is 0 Å². The van der Waals surface area contributed by atoms with Gasteiger partial charge in [0.25, 0.3) is 0 Å². The number of hydrogen-bond donors (Lipinski definition) is 1. The molecule has 0 amide bonds. The minimum atomic E-state index is 0. The fourth-order valence-electron chi connectivity index (χ4n) is 3.62. The average molecular weight is 354 g/mol. The van der Waals surface area contributed by atoms with E-state index in [1.165, 1.54) is 27.5 Å². The molecule has 3 aromatic carbocycles. The van der Waals surface area contributed by atoms with Gasteiger partial charge in [-0.1, -0.05) is 66.7 Å². The van der Waals surface area contributed by atoms with E-state index in [0.717, 1.165) is 6.54 Å². The molecule has 0 spiro atoms. The van der Waals surface area contributed by atoms with Crippen LogP contribution in [0.25, 0.3) is 10.8 Å². The van der Waals surface area contributed by atoms with Gasteiger partial charge in [0.1, 0.15) is 0 Å². The monoisotopic (exact) mass is 353 g/mol. The molecule has 1 nitrogen and oxygen atoms in total. The lowest BCUT2D eigenvalue weighted by molar-refractivity contribution is 0.469. The van der Waals surface area contributed by atoms with Crippen molar-refractivity contribution in [2.45, 2.75) is 25.4 Å². The normalized spacial score (nSPS) is 20.2. The fourth-order valence-corrected chi connectivity index (χ4v) is 3.62. The van der Waals surface area contributed by atoms with Crippen LogP contribution in [-0.4, -0.2) is 6.04 Å². The highest BCUT2D eigenvalue weighted by Gasteiger charge is 2.28. The lowest BCUT2D eigenvalue weighted by Gasteiger charge is -2.33. The van der Waals surface area contributed by atoms with Crippen molar-refractivity contribution in [1.82, 2.24) is 5.32 Å². The van der Waals surface area contributed by atoms with Gasteiger partial charge >= 0.3 is 0 Å². The van der Waals surface area contributed by atoms with Gasteiger partial charge in [-0.25, -0.2) is 0 Å². The summed E-state index contributed by atoms with van der Waals surface area (Å²) < 4.78 is 0. The first-order valence-electron chi connectivity index (χ1n) is 7.63. The SMILES string of the molecule is Br.CC1NCc2c(ccc3ccccc23)C1c1ccccc1. The van der Waals surface area contributed by atoms with E-state index in [0.29, 0.717) is 12.0 Å². The average Bonchev–Trinajstić information content (AvgIpc) is 2.55. The Morgan fingerprint density at radius 3 is 2.41 bits per heavy atom. The molecule has 1 aliphatic rings. The van der Waals surface area contributed by atoms with E-state index in [4.69, 9.17) is 0 Å². The first kappa shape index (κ1) is 15.3. The van der Waals surface area contributed by atoms with E-state index < -0.39 is 0 Å². The molecular formula is C20H20BrN. The molecular weight excluding hydrogens is 334 g/mol. The zero-order valence-electron chi connectivity index (χ0n) is 12.6. The Labute approximate surface area is 142 Å². The number of rotatable bonds is 1. The van der Waals surface area contributed by atoms with Gasteiger partial charge in [-0.05, 0) is 34.4 Å². The Balaban J connectivity index is 0.00000144. The molecule has 3 aromatic rings. The van der Waals surface area contributed by atoms with Crippen molar-refractivity contribution in [3.05, 3.63) is 83.4 Å². The predicted octanol–water partition coefficient (Wildman–Crippen LogP) is 5.04. The van der Waals surface area contributed by atoms with E-state index in [1.54, 1.807) is 0 Å². The van der Waals surface area contributed by atoms with Crippen LogP contribution in [-0.2, 0) is 6.54 Å². The molecule has 112 valence electrons. The van der Waals surface area contributed by atoms with Crippen molar-refractivity contribution in [3.63, 3.8) is 0 Å². The van der Waals surface area contributed by atoms with Crippen LogP contribution in [0.4, 0.5) is 0 Å². The molecule has 0 aromatic heterocycles.